The van der Waals surface area contributed by atoms with Crippen LogP contribution in [0.4, 0.5) is 5.69 Å². The number of methoxy groups -OCH3 is 1. The van der Waals surface area contributed by atoms with Gasteiger partial charge in [-0.2, -0.15) is 0 Å². The molecule has 0 saturated carbocycles. The van der Waals surface area contributed by atoms with Gasteiger partial charge in [0.25, 0.3) is 8.32 Å². The molecule has 3 rings (SSSR count). The highest BCUT2D eigenvalue weighted by atomic mass is 28.4. The minimum absolute atomic E-state index is 0.00851. The largest absolute Gasteiger partial charge is 0.539 e. The van der Waals surface area contributed by atoms with E-state index in [-0.39, 0.29) is 47.6 Å². The monoisotopic (exact) mass is 629 g/mol. The van der Waals surface area contributed by atoms with Crippen LogP contribution < -0.4 is 24.5 Å². The third kappa shape index (κ3) is 7.15. The average Bonchev–Trinajstić information content (AvgIpc) is 3.42. The van der Waals surface area contributed by atoms with Gasteiger partial charge in [0, 0.05) is 13.1 Å². The molecular weight excluding hydrogens is 586 g/mol. The van der Waals surface area contributed by atoms with Crippen molar-refractivity contribution in [2.45, 2.75) is 77.0 Å². The lowest BCUT2D eigenvalue weighted by atomic mass is 9.72. The average molecular weight is 630 g/mol. The normalized spacial score (nSPS) is 14.8. The van der Waals surface area contributed by atoms with Gasteiger partial charge in [-0.05, 0) is 59.8 Å². The second-order valence-electron chi connectivity index (χ2n) is 12.8. The van der Waals surface area contributed by atoms with Crippen LogP contribution in [0, 0.1) is 16.0 Å². The summed E-state index contributed by atoms with van der Waals surface area (Å²) in [4.78, 5) is 52.4. The molecule has 0 spiro atoms. The Morgan fingerprint density at radius 3 is 2.27 bits per heavy atom. The van der Waals surface area contributed by atoms with Crippen LogP contribution in [0.15, 0.2) is 36.4 Å². The number of hydrogen-bond donors (Lipinski definition) is 2. The number of nitrogens with zero attached hydrogens (tertiary/aromatic N) is 1. The third-order valence-electron chi connectivity index (χ3n) is 8.24. The first kappa shape index (κ1) is 34.4. The maximum atomic E-state index is 14.5. The molecule has 0 bridgehead atoms. The number of nitro groups is 1. The zero-order valence-corrected chi connectivity index (χ0v) is 27.9. The number of carbonyl (C=O) groups excluding carboxylic acids is 3. The van der Waals surface area contributed by atoms with Crippen LogP contribution >= 0.6 is 0 Å². The smallest absolute Gasteiger partial charge is 0.309 e. The minimum atomic E-state index is -2.58. The van der Waals surface area contributed by atoms with E-state index in [0.717, 1.165) is 0 Å². The van der Waals surface area contributed by atoms with Crippen molar-refractivity contribution in [2.24, 2.45) is 5.92 Å². The molecular formula is C31H43N3O9Si. The highest BCUT2D eigenvalue weighted by Gasteiger charge is 2.49. The summed E-state index contributed by atoms with van der Waals surface area (Å²) >= 11 is 0. The van der Waals surface area contributed by atoms with Crippen molar-refractivity contribution in [3.63, 3.8) is 0 Å². The summed E-state index contributed by atoms with van der Waals surface area (Å²) in [5, 5.41) is 17.3. The number of amides is 2. The van der Waals surface area contributed by atoms with E-state index in [1.165, 1.54) is 32.4 Å². The molecule has 12 nitrogen and oxygen atoms in total. The van der Waals surface area contributed by atoms with E-state index < -0.39 is 42.5 Å². The molecule has 1 heterocycles. The van der Waals surface area contributed by atoms with Gasteiger partial charge in [-0.15, -0.1) is 0 Å². The molecule has 2 amide bonds. The Bertz CT molecular complexity index is 1420. The summed E-state index contributed by atoms with van der Waals surface area (Å²) in [6, 6.07) is 8.26. The first-order valence-electron chi connectivity index (χ1n) is 14.4. The fourth-order valence-electron chi connectivity index (χ4n) is 4.85. The van der Waals surface area contributed by atoms with Crippen LogP contribution in [0.5, 0.6) is 17.2 Å². The lowest BCUT2D eigenvalue weighted by Gasteiger charge is -2.37. The second-order valence-corrected chi connectivity index (χ2v) is 17.5. The van der Waals surface area contributed by atoms with Crippen molar-refractivity contribution in [2.75, 3.05) is 21.0 Å². The summed E-state index contributed by atoms with van der Waals surface area (Å²) in [5.41, 5.74) is -1.34. The highest BCUT2D eigenvalue weighted by Crippen LogP contribution is 2.43. The molecule has 13 heteroatoms. The van der Waals surface area contributed by atoms with Gasteiger partial charge in [0.15, 0.2) is 22.7 Å². The SMILES string of the molecule is CNC(=O)[C@@](CC(C)C)(C(=O)N[C@@H](CC(=O)OC)c1ccc2c(c1)OCO2)c1ccc([N+](=O)[O-])c(O[Si](C)(C)C(C)(C)C)c1. The predicted molar refractivity (Wildman–Crippen MR) is 166 cm³/mol. The molecule has 0 unspecified atom stereocenters. The van der Waals surface area contributed by atoms with Crippen molar-refractivity contribution in [1.82, 2.24) is 10.6 Å². The minimum Gasteiger partial charge on any atom is -0.539 e. The predicted octanol–water partition coefficient (Wildman–Crippen LogP) is 5.16. The Labute approximate surface area is 259 Å². The fourth-order valence-corrected chi connectivity index (χ4v) is 5.87. The molecule has 0 aromatic heterocycles. The Morgan fingerprint density at radius 1 is 1.05 bits per heavy atom. The van der Waals surface area contributed by atoms with Gasteiger partial charge in [-0.25, -0.2) is 0 Å². The quantitative estimate of drug-likeness (QED) is 0.106. The standard InChI is InChI=1S/C31H43N3O9Si/c1-19(2)17-31(28(36)32-6,21-11-12-23(34(38)39)25(15-21)43-44(8,9)30(3,4)5)29(37)33-22(16-27(35)40-7)20-10-13-24-26(14-20)42-18-41-24/h10-15,19,22H,16-18H2,1-9H3,(H,32,36)(H,33,37)/t22-,31-/m0/s1. The van der Waals surface area contributed by atoms with Gasteiger partial charge in [0.2, 0.25) is 18.6 Å². The van der Waals surface area contributed by atoms with Gasteiger partial charge in [-0.3, -0.25) is 24.5 Å². The van der Waals surface area contributed by atoms with Gasteiger partial charge < -0.3 is 29.3 Å². The third-order valence-corrected chi connectivity index (χ3v) is 12.6. The summed E-state index contributed by atoms with van der Waals surface area (Å²) in [5.74, 6) is -1.08. The number of rotatable bonds is 12. The Kier molecular flexibility index (Phi) is 10.3. The number of hydrogen-bond acceptors (Lipinski definition) is 9. The van der Waals surface area contributed by atoms with Crippen LogP contribution in [-0.2, 0) is 24.5 Å². The lowest BCUT2D eigenvalue weighted by molar-refractivity contribution is -0.385. The van der Waals surface area contributed by atoms with Gasteiger partial charge in [0.05, 0.1) is 24.5 Å². The Hall–Kier alpha value is -4.13. The van der Waals surface area contributed by atoms with E-state index in [0.29, 0.717) is 17.1 Å². The van der Waals surface area contributed by atoms with E-state index in [4.69, 9.17) is 18.6 Å². The molecule has 0 fully saturated rings. The molecule has 2 aromatic rings. The van der Waals surface area contributed by atoms with E-state index in [9.17, 15) is 24.5 Å². The number of benzene rings is 2. The molecule has 2 N–H and O–H groups in total. The maximum Gasteiger partial charge on any atom is 0.309 e. The van der Waals surface area contributed by atoms with Crippen LogP contribution in [0.1, 0.15) is 64.6 Å². The number of likely N-dealkylation sites (N-methyl/N-ethyl adjacent to an activating group) is 1. The van der Waals surface area contributed by atoms with Crippen molar-refractivity contribution < 1.29 is 37.9 Å². The second kappa shape index (κ2) is 13.2. The fraction of sp³-hybridized carbons (Fsp3) is 0.516. The molecule has 1 aliphatic heterocycles. The van der Waals surface area contributed by atoms with Gasteiger partial charge in [0.1, 0.15) is 0 Å². The van der Waals surface area contributed by atoms with Gasteiger partial charge >= 0.3 is 11.7 Å². The van der Waals surface area contributed by atoms with Gasteiger partial charge in [-0.1, -0.05) is 46.8 Å². The van der Waals surface area contributed by atoms with Crippen LogP contribution in [-0.4, -0.2) is 52.0 Å². The topological polar surface area (TPSA) is 155 Å². The summed E-state index contributed by atoms with van der Waals surface area (Å²) in [6.07, 6.45) is -0.171. The maximum absolute atomic E-state index is 14.5. The molecule has 1 aliphatic rings. The molecule has 2 atom stereocenters. The van der Waals surface area contributed by atoms with Crippen molar-refractivity contribution >= 4 is 31.8 Å². The number of nitro benzene ring substituents is 1. The molecule has 2 aromatic carbocycles. The number of nitrogens with one attached hydrogen (secondary N) is 2. The zero-order valence-electron chi connectivity index (χ0n) is 26.9. The number of carbonyl (C=O) groups is 3. The first-order chi connectivity index (χ1) is 20.5. The number of ether oxygens (including phenoxy) is 3. The highest BCUT2D eigenvalue weighted by molar-refractivity contribution is 6.74. The van der Waals surface area contributed by atoms with Crippen LogP contribution in [0.3, 0.4) is 0 Å². The van der Waals surface area contributed by atoms with Crippen LogP contribution in [0.25, 0.3) is 0 Å². The Morgan fingerprint density at radius 2 is 1.70 bits per heavy atom. The molecule has 44 heavy (non-hydrogen) atoms. The number of fused-ring (bicyclic) bond motifs is 1. The lowest BCUT2D eigenvalue weighted by Crippen LogP contribution is -2.55. The van der Waals surface area contributed by atoms with Crippen molar-refractivity contribution in [3.05, 3.63) is 57.6 Å². The van der Waals surface area contributed by atoms with Crippen LogP contribution in [0.2, 0.25) is 18.1 Å². The van der Waals surface area contributed by atoms with Crippen molar-refractivity contribution in [3.8, 4) is 17.2 Å². The molecule has 0 aliphatic carbocycles. The molecule has 0 radical (unpaired) electrons. The molecule has 0 saturated heterocycles. The number of esters is 1. The summed E-state index contributed by atoms with van der Waals surface area (Å²) in [7, 11) is 0.0885. The zero-order chi connectivity index (χ0) is 33.0. The van der Waals surface area contributed by atoms with E-state index in [1.807, 2.05) is 47.7 Å². The summed E-state index contributed by atoms with van der Waals surface area (Å²) in [6.45, 7) is 13.7. The van der Waals surface area contributed by atoms with Crippen molar-refractivity contribution in [1.29, 1.82) is 0 Å². The molecule has 240 valence electrons. The Balaban J connectivity index is 2.20. The van der Waals surface area contributed by atoms with E-state index >= 15 is 0 Å². The first-order valence-corrected chi connectivity index (χ1v) is 17.3. The summed E-state index contributed by atoms with van der Waals surface area (Å²) < 4.78 is 22.2. The van der Waals surface area contributed by atoms with E-state index in [1.54, 1.807) is 18.2 Å². The van der Waals surface area contributed by atoms with E-state index in [2.05, 4.69) is 10.6 Å².